The van der Waals surface area contributed by atoms with Gasteiger partial charge in [-0.25, -0.2) is 0 Å². The molecule has 0 saturated carbocycles. The van der Waals surface area contributed by atoms with Crippen LogP contribution in [0.25, 0.3) is 0 Å². The molecular formula is C13H20N2O. The van der Waals surface area contributed by atoms with Crippen molar-refractivity contribution < 1.29 is 4.74 Å². The summed E-state index contributed by atoms with van der Waals surface area (Å²) in [7, 11) is 0. The van der Waals surface area contributed by atoms with Gasteiger partial charge in [0.15, 0.2) is 0 Å². The van der Waals surface area contributed by atoms with Crippen LogP contribution < -0.4 is 5.73 Å². The highest BCUT2D eigenvalue weighted by Gasteiger charge is 2.33. The largest absolute Gasteiger partial charge is 0.379 e. The lowest BCUT2D eigenvalue weighted by molar-refractivity contribution is -0.0152. The summed E-state index contributed by atoms with van der Waals surface area (Å²) in [6.45, 7) is 6.39. The molecule has 0 aliphatic carbocycles. The van der Waals surface area contributed by atoms with Crippen molar-refractivity contribution in [2.24, 2.45) is 5.73 Å². The Kier molecular flexibility index (Phi) is 3.59. The van der Waals surface area contributed by atoms with Crippen LogP contribution >= 0.6 is 0 Å². The summed E-state index contributed by atoms with van der Waals surface area (Å²) < 4.78 is 5.39. The molecular weight excluding hydrogens is 200 g/mol. The molecule has 1 atom stereocenters. The molecule has 1 aromatic rings. The molecule has 0 bridgehead atoms. The Hall–Kier alpha value is -0.900. The number of nitrogens with zero attached hydrogens (tertiary/aromatic N) is 1. The lowest BCUT2D eigenvalue weighted by Crippen LogP contribution is -2.53. The van der Waals surface area contributed by atoms with E-state index < -0.39 is 0 Å². The maximum atomic E-state index is 5.99. The van der Waals surface area contributed by atoms with Gasteiger partial charge in [0.1, 0.15) is 0 Å². The molecule has 3 heteroatoms. The number of hydrogen-bond acceptors (Lipinski definition) is 3. The summed E-state index contributed by atoms with van der Waals surface area (Å²) in [6.07, 6.45) is 0. The fourth-order valence-corrected chi connectivity index (χ4v) is 2.28. The molecule has 0 aromatic heterocycles. The van der Waals surface area contributed by atoms with Gasteiger partial charge in [0, 0.05) is 19.6 Å². The van der Waals surface area contributed by atoms with E-state index in [1.165, 1.54) is 5.56 Å². The standard InChI is InChI=1S/C13H20N2O/c1-13(11-14,12-5-3-2-4-6-12)15-7-9-16-10-8-15/h2-6H,7-11,14H2,1H3/t13-/m0/s1. The minimum atomic E-state index is -0.0644. The van der Waals surface area contributed by atoms with Gasteiger partial charge in [-0.05, 0) is 12.5 Å². The zero-order chi connectivity index (χ0) is 11.4. The number of rotatable bonds is 3. The van der Waals surface area contributed by atoms with Gasteiger partial charge in [-0.15, -0.1) is 0 Å². The second kappa shape index (κ2) is 4.95. The van der Waals surface area contributed by atoms with Crippen LogP contribution in [-0.2, 0) is 10.3 Å². The molecule has 2 N–H and O–H groups in total. The SMILES string of the molecule is C[C@](CN)(c1ccccc1)N1CCOCC1. The maximum Gasteiger partial charge on any atom is 0.0594 e. The lowest BCUT2D eigenvalue weighted by atomic mass is 9.89. The highest BCUT2D eigenvalue weighted by Crippen LogP contribution is 2.27. The van der Waals surface area contributed by atoms with Gasteiger partial charge in [-0.2, -0.15) is 0 Å². The van der Waals surface area contributed by atoms with E-state index in [0.717, 1.165) is 26.3 Å². The molecule has 0 radical (unpaired) electrons. The molecule has 0 amide bonds. The van der Waals surface area contributed by atoms with Crippen LogP contribution in [0, 0.1) is 0 Å². The topological polar surface area (TPSA) is 38.5 Å². The first kappa shape index (κ1) is 11.6. The minimum absolute atomic E-state index is 0.0644. The van der Waals surface area contributed by atoms with Crippen molar-refractivity contribution in [1.82, 2.24) is 4.90 Å². The third kappa shape index (κ3) is 2.12. The Morgan fingerprint density at radius 2 is 1.88 bits per heavy atom. The van der Waals surface area contributed by atoms with Gasteiger partial charge in [0.25, 0.3) is 0 Å². The summed E-state index contributed by atoms with van der Waals surface area (Å²) in [4.78, 5) is 2.42. The Labute approximate surface area is 97.2 Å². The number of morpholine rings is 1. The Bertz CT molecular complexity index is 322. The summed E-state index contributed by atoms with van der Waals surface area (Å²) in [5, 5.41) is 0. The molecule has 1 aliphatic heterocycles. The minimum Gasteiger partial charge on any atom is -0.379 e. The van der Waals surface area contributed by atoms with E-state index in [1.807, 2.05) is 6.07 Å². The van der Waals surface area contributed by atoms with E-state index in [9.17, 15) is 0 Å². The van der Waals surface area contributed by atoms with Gasteiger partial charge >= 0.3 is 0 Å². The number of ether oxygens (including phenoxy) is 1. The lowest BCUT2D eigenvalue weighted by Gasteiger charge is -2.43. The molecule has 1 fully saturated rings. The molecule has 1 aliphatic rings. The van der Waals surface area contributed by atoms with E-state index in [1.54, 1.807) is 0 Å². The Morgan fingerprint density at radius 1 is 1.25 bits per heavy atom. The molecule has 3 nitrogen and oxygen atoms in total. The van der Waals surface area contributed by atoms with E-state index in [-0.39, 0.29) is 5.54 Å². The van der Waals surface area contributed by atoms with Crippen molar-refractivity contribution in [2.75, 3.05) is 32.8 Å². The first-order valence-electron chi connectivity index (χ1n) is 5.86. The monoisotopic (exact) mass is 220 g/mol. The first-order chi connectivity index (χ1) is 7.77. The van der Waals surface area contributed by atoms with E-state index >= 15 is 0 Å². The van der Waals surface area contributed by atoms with E-state index in [2.05, 4.69) is 36.1 Å². The van der Waals surface area contributed by atoms with Crippen LogP contribution in [0.2, 0.25) is 0 Å². The van der Waals surface area contributed by atoms with Crippen molar-refractivity contribution >= 4 is 0 Å². The third-order valence-electron chi connectivity index (χ3n) is 3.50. The highest BCUT2D eigenvalue weighted by molar-refractivity contribution is 5.24. The molecule has 2 rings (SSSR count). The average molecular weight is 220 g/mol. The van der Waals surface area contributed by atoms with Crippen molar-refractivity contribution in [3.8, 4) is 0 Å². The molecule has 0 spiro atoms. The summed E-state index contributed by atoms with van der Waals surface area (Å²) >= 11 is 0. The van der Waals surface area contributed by atoms with E-state index in [4.69, 9.17) is 10.5 Å². The second-order valence-corrected chi connectivity index (χ2v) is 4.44. The first-order valence-corrected chi connectivity index (χ1v) is 5.86. The predicted octanol–water partition coefficient (Wildman–Crippen LogP) is 1.19. The molecule has 16 heavy (non-hydrogen) atoms. The van der Waals surface area contributed by atoms with Crippen LogP contribution in [0.3, 0.4) is 0 Å². The summed E-state index contributed by atoms with van der Waals surface area (Å²) in [6, 6.07) is 10.5. The Morgan fingerprint density at radius 3 is 2.44 bits per heavy atom. The fourth-order valence-electron chi connectivity index (χ4n) is 2.28. The number of benzene rings is 1. The Balaban J connectivity index is 2.24. The smallest absolute Gasteiger partial charge is 0.0594 e. The second-order valence-electron chi connectivity index (χ2n) is 4.44. The molecule has 1 aromatic carbocycles. The number of nitrogens with two attached hydrogens (primary N) is 1. The van der Waals surface area contributed by atoms with Crippen molar-refractivity contribution in [3.63, 3.8) is 0 Å². The normalized spacial score (nSPS) is 21.6. The van der Waals surface area contributed by atoms with E-state index in [0.29, 0.717) is 6.54 Å². The van der Waals surface area contributed by atoms with Gasteiger partial charge in [0.2, 0.25) is 0 Å². The van der Waals surface area contributed by atoms with Crippen LogP contribution in [-0.4, -0.2) is 37.7 Å². The molecule has 0 unspecified atom stereocenters. The summed E-state index contributed by atoms with van der Waals surface area (Å²) in [5.74, 6) is 0. The van der Waals surface area contributed by atoms with Crippen molar-refractivity contribution in [2.45, 2.75) is 12.5 Å². The molecule has 1 saturated heterocycles. The van der Waals surface area contributed by atoms with Crippen molar-refractivity contribution in [3.05, 3.63) is 35.9 Å². The zero-order valence-corrected chi connectivity index (χ0v) is 9.86. The van der Waals surface area contributed by atoms with Gasteiger partial charge in [-0.3, -0.25) is 4.90 Å². The van der Waals surface area contributed by atoms with Crippen LogP contribution in [0.15, 0.2) is 30.3 Å². The zero-order valence-electron chi connectivity index (χ0n) is 9.86. The van der Waals surface area contributed by atoms with Gasteiger partial charge < -0.3 is 10.5 Å². The average Bonchev–Trinajstić information content (AvgIpc) is 2.40. The molecule has 1 heterocycles. The van der Waals surface area contributed by atoms with Crippen molar-refractivity contribution in [1.29, 1.82) is 0 Å². The highest BCUT2D eigenvalue weighted by atomic mass is 16.5. The van der Waals surface area contributed by atoms with Gasteiger partial charge in [-0.1, -0.05) is 30.3 Å². The van der Waals surface area contributed by atoms with Crippen LogP contribution in [0.4, 0.5) is 0 Å². The number of hydrogen-bond donors (Lipinski definition) is 1. The van der Waals surface area contributed by atoms with Crippen LogP contribution in [0.1, 0.15) is 12.5 Å². The third-order valence-corrected chi connectivity index (χ3v) is 3.50. The van der Waals surface area contributed by atoms with Gasteiger partial charge in [0.05, 0.1) is 18.8 Å². The quantitative estimate of drug-likeness (QED) is 0.831. The molecule has 88 valence electrons. The van der Waals surface area contributed by atoms with Crippen LogP contribution in [0.5, 0.6) is 0 Å². The predicted molar refractivity (Wildman–Crippen MR) is 65.2 cm³/mol. The summed E-state index contributed by atoms with van der Waals surface area (Å²) in [5.41, 5.74) is 7.21. The fraction of sp³-hybridized carbons (Fsp3) is 0.538. The maximum absolute atomic E-state index is 5.99.